The summed E-state index contributed by atoms with van der Waals surface area (Å²) < 4.78 is 0. The summed E-state index contributed by atoms with van der Waals surface area (Å²) in [5.74, 6) is -3.29. The van der Waals surface area contributed by atoms with Gasteiger partial charge in [-0.1, -0.05) is 41.9 Å². The number of nitrogens with zero attached hydrogens (tertiary/aromatic N) is 2. The van der Waals surface area contributed by atoms with Gasteiger partial charge < -0.3 is 0 Å². The number of benzene rings is 2. The molecule has 0 aliphatic carbocycles. The summed E-state index contributed by atoms with van der Waals surface area (Å²) in [6.07, 6.45) is 0. The van der Waals surface area contributed by atoms with Crippen LogP contribution in [0.3, 0.4) is 0 Å². The lowest BCUT2D eigenvalue weighted by molar-refractivity contribution is -0.385. The van der Waals surface area contributed by atoms with E-state index in [1.54, 1.807) is 24.3 Å². The van der Waals surface area contributed by atoms with Gasteiger partial charge in [0.05, 0.1) is 16.6 Å². The highest BCUT2D eigenvalue weighted by Crippen LogP contribution is 2.26. The van der Waals surface area contributed by atoms with Crippen molar-refractivity contribution in [3.8, 4) is 6.07 Å². The molecule has 0 bridgehead atoms. The van der Waals surface area contributed by atoms with E-state index in [-0.39, 0.29) is 16.1 Å². The zero-order chi connectivity index (χ0) is 17.0. The molecule has 0 spiro atoms. The summed E-state index contributed by atoms with van der Waals surface area (Å²) in [6, 6.07) is 12.9. The summed E-state index contributed by atoms with van der Waals surface area (Å²) >= 11 is 5.69. The number of halogens is 1. The Morgan fingerprint density at radius 3 is 2.35 bits per heavy atom. The fraction of sp³-hybridized carbons (Fsp3) is 0.0625. The molecule has 1 atom stereocenters. The van der Waals surface area contributed by atoms with Crippen molar-refractivity contribution in [2.24, 2.45) is 5.92 Å². The lowest BCUT2D eigenvalue weighted by atomic mass is 9.90. The third-order valence-corrected chi connectivity index (χ3v) is 3.37. The average molecular weight is 329 g/mol. The van der Waals surface area contributed by atoms with Crippen LogP contribution in [0.1, 0.15) is 20.7 Å². The molecule has 0 fully saturated rings. The number of nitriles is 1. The predicted octanol–water partition coefficient (Wildman–Crippen LogP) is 3.45. The Balaban J connectivity index is 2.44. The maximum atomic E-state index is 12.4. The molecule has 0 aromatic heterocycles. The molecular weight excluding hydrogens is 320 g/mol. The zero-order valence-corrected chi connectivity index (χ0v) is 12.4. The molecule has 7 heteroatoms. The highest BCUT2D eigenvalue weighted by molar-refractivity contribution is 6.31. The Labute approximate surface area is 136 Å². The monoisotopic (exact) mass is 328 g/mol. The number of carbonyl (C=O) groups excluding carboxylic acids is 2. The van der Waals surface area contributed by atoms with Gasteiger partial charge in [-0.3, -0.25) is 19.7 Å². The van der Waals surface area contributed by atoms with Gasteiger partial charge in [0.25, 0.3) is 5.69 Å². The number of Topliss-reactive ketones (excluding diaryl/α,β-unsaturated/α-hetero) is 2. The molecule has 23 heavy (non-hydrogen) atoms. The van der Waals surface area contributed by atoms with Crippen molar-refractivity contribution in [3.63, 3.8) is 0 Å². The maximum absolute atomic E-state index is 12.4. The third-order valence-electron chi connectivity index (χ3n) is 3.13. The normalized spacial score (nSPS) is 11.3. The fourth-order valence-electron chi connectivity index (χ4n) is 2.03. The van der Waals surface area contributed by atoms with E-state index in [1.165, 1.54) is 18.2 Å². The highest BCUT2D eigenvalue weighted by Gasteiger charge is 2.32. The van der Waals surface area contributed by atoms with E-state index in [4.69, 9.17) is 11.6 Å². The second kappa shape index (κ2) is 6.81. The van der Waals surface area contributed by atoms with Crippen molar-refractivity contribution in [2.75, 3.05) is 0 Å². The highest BCUT2D eigenvalue weighted by atomic mass is 35.5. The minimum atomic E-state index is -1.66. The first kappa shape index (κ1) is 16.3. The first-order valence-corrected chi connectivity index (χ1v) is 6.80. The number of rotatable bonds is 5. The minimum absolute atomic E-state index is 0.0798. The second-order valence-electron chi connectivity index (χ2n) is 4.58. The van der Waals surface area contributed by atoms with E-state index in [9.17, 15) is 25.0 Å². The third kappa shape index (κ3) is 3.42. The van der Waals surface area contributed by atoms with Crippen molar-refractivity contribution in [1.29, 1.82) is 5.26 Å². The molecular formula is C16H9ClN2O4. The molecule has 0 heterocycles. The van der Waals surface area contributed by atoms with Gasteiger partial charge in [-0.15, -0.1) is 0 Å². The number of nitro benzene ring substituents is 1. The molecule has 1 unspecified atom stereocenters. The molecule has 2 rings (SSSR count). The van der Waals surface area contributed by atoms with E-state index in [0.29, 0.717) is 0 Å². The van der Waals surface area contributed by atoms with Crippen LogP contribution in [0.5, 0.6) is 0 Å². The summed E-state index contributed by atoms with van der Waals surface area (Å²) in [6.45, 7) is 0. The zero-order valence-electron chi connectivity index (χ0n) is 11.6. The van der Waals surface area contributed by atoms with Crippen LogP contribution in [0.15, 0.2) is 48.5 Å². The van der Waals surface area contributed by atoms with Crippen LogP contribution in [-0.4, -0.2) is 16.5 Å². The number of ketones is 2. The van der Waals surface area contributed by atoms with E-state index in [0.717, 1.165) is 12.1 Å². The Morgan fingerprint density at radius 1 is 1.13 bits per heavy atom. The van der Waals surface area contributed by atoms with Crippen molar-refractivity contribution >= 4 is 28.9 Å². The summed E-state index contributed by atoms with van der Waals surface area (Å²) in [4.78, 5) is 35.0. The molecule has 6 nitrogen and oxygen atoms in total. The second-order valence-corrected chi connectivity index (χ2v) is 5.01. The Kier molecular flexibility index (Phi) is 4.84. The van der Waals surface area contributed by atoms with Gasteiger partial charge in [0, 0.05) is 16.7 Å². The molecule has 0 saturated carbocycles. The number of hydrogen-bond acceptors (Lipinski definition) is 5. The van der Waals surface area contributed by atoms with Gasteiger partial charge in [0.2, 0.25) is 0 Å². The van der Waals surface area contributed by atoms with Crippen LogP contribution in [0, 0.1) is 27.4 Å². The molecule has 0 amide bonds. The molecule has 2 aromatic carbocycles. The van der Waals surface area contributed by atoms with Gasteiger partial charge in [-0.25, -0.2) is 0 Å². The van der Waals surface area contributed by atoms with E-state index >= 15 is 0 Å². The largest absolute Gasteiger partial charge is 0.292 e. The smallest absolute Gasteiger partial charge is 0.281 e. The first-order valence-electron chi connectivity index (χ1n) is 6.42. The molecule has 0 radical (unpaired) electrons. The van der Waals surface area contributed by atoms with Crippen LogP contribution in [0.2, 0.25) is 5.02 Å². The van der Waals surface area contributed by atoms with Gasteiger partial charge >= 0.3 is 0 Å². The Hall–Kier alpha value is -3.04. The SMILES string of the molecule is N#CC(C(=O)c1ccccc1)C(=O)c1ccc(Cl)cc1[N+](=O)[O-]. The topological polar surface area (TPSA) is 101 Å². The van der Waals surface area contributed by atoms with Crippen molar-refractivity contribution in [1.82, 2.24) is 0 Å². The van der Waals surface area contributed by atoms with Crippen LogP contribution in [-0.2, 0) is 0 Å². The predicted molar refractivity (Wildman–Crippen MR) is 82.3 cm³/mol. The van der Waals surface area contributed by atoms with Gasteiger partial charge in [-0.2, -0.15) is 5.26 Å². The first-order chi connectivity index (χ1) is 11.0. The number of nitro groups is 1. The Bertz CT molecular complexity index is 828. The molecule has 0 aliphatic heterocycles. The van der Waals surface area contributed by atoms with Gasteiger partial charge in [0.1, 0.15) is 0 Å². The van der Waals surface area contributed by atoms with Crippen LogP contribution >= 0.6 is 11.6 Å². The van der Waals surface area contributed by atoms with E-state index in [2.05, 4.69) is 0 Å². The van der Waals surface area contributed by atoms with Gasteiger partial charge in [-0.05, 0) is 12.1 Å². The minimum Gasteiger partial charge on any atom is -0.292 e. The lowest BCUT2D eigenvalue weighted by Crippen LogP contribution is -2.23. The van der Waals surface area contributed by atoms with E-state index < -0.39 is 28.1 Å². The molecule has 2 aromatic rings. The average Bonchev–Trinajstić information content (AvgIpc) is 2.55. The molecule has 0 saturated heterocycles. The molecule has 114 valence electrons. The van der Waals surface area contributed by atoms with Crippen LogP contribution in [0.25, 0.3) is 0 Å². The van der Waals surface area contributed by atoms with Gasteiger partial charge in [0.15, 0.2) is 17.5 Å². The standard InChI is InChI=1S/C16H9ClN2O4/c17-11-6-7-12(14(8-11)19(22)23)16(21)13(9-18)15(20)10-4-2-1-3-5-10/h1-8,13H. The van der Waals surface area contributed by atoms with Crippen molar-refractivity contribution in [2.45, 2.75) is 0 Å². The van der Waals surface area contributed by atoms with Crippen molar-refractivity contribution in [3.05, 3.63) is 74.8 Å². The molecule has 0 N–H and O–H groups in total. The number of hydrogen-bond donors (Lipinski definition) is 0. The molecule has 0 aliphatic rings. The van der Waals surface area contributed by atoms with E-state index in [1.807, 2.05) is 0 Å². The maximum Gasteiger partial charge on any atom is 0.281 e. The fourth-order valence-corrected chi connectivity index (χ4v) is 2.19. The summed E-state index contributed by atoms with van der Waals surface area (Å²) in [5.41, 5.74) is -0.678. The number of carbonyl (C=O) groups is 2. The summed E-state index contributed by atoms with van der Waals surface area (Å²) in [7, 11) is 0. The Morgan fingerprint density at radius 2 is 1.78 bits per heavy atom. The van der Waals surface area contributed by atoms with Crippen LogP contribution in [0.4, 0.5) is 5.69 Å². The van der Waals surface area contributed by atoms with Crippen molar-refractivity contribution < 1.29 is 14.5 Å². The lowest BCUT2D eigenvalue weighted by Gasteiger charge is -2.08. The quantitative estimate of drug-likeness (QED) is 0.362. The van der Waals surface area contributed by atoms with Crippen LogP contribution < -0.4 is 0 Å². The summed E-state index contributed by atoms with van der Waals surface area (Å²) in [5, 5.41) is 20.3.